The first-order valence-electron chi connectivity index (χ1n) is 8.15. The van der Waals surface area contributed by atoms with Gasteiger partial charge in [-0.1, -0.05) is 20.3 Å². The smallest absolute Gasteiger partial charge is 0.223 e. The van der Waals surface area contributed by atoms with E-state index in [9.17, 15) is 4.79 Å². The van der Waals surface area contributed by atoms with E-state index in [2.05, 4.69) is 19.2 Å². The van der Waals surface area contributed by atoms with Gasteiger partial charge in [-0.3, -0.25) is 4.79 Å². The molecule has 0 aromatic heterocycles. The number of carbonyl (C=O) groups is 1. The Bertz CT molecular complexity index is 344. The fourth-order valence-electron chi connectivity index (χ4n) is 3.82. The number of rotatable bonds is 4. The summed E-state index contributed by atoms with van der Waals surface area (Å²) in [6.07, 6.45) is 5.59. The second-order valence-electron chi connectivity index (χ2n) is 7.46. The van der Waals surface area contributed by atoms with Crippen LogP contribution in [-0.2, 0) is 4.79 Å². The minimum absolute atomic E-state index is 0.134. The second-order valence-corrected chi connectivity index (χ2v) is 7.46. The predicted molar refractivity (Wildman–Crippen MR) is 82.0 cm³/mol. The molecule has 0 saturated heterocycles. The normalized spacial score (nSPS) is 36.5. The standard InChI is InChI=1S/C16H31N3O/c1-10(2)16(3,9-17)19-15(20)13-7-11-5-4-6-12(8-13)14(11)18/h10-14H,4-9,17-18H2,1-3H3,(H,19,20). The summed E-state index contributed by atoms with van der Waals surface area (Å²) in [7, 11) is 0. The van der Waals surface area contributed by atoms with Crippen molar-refractivity contribution >= 4 is 5.91 Å². The maximum absolute atomic E-state index is 12.6. The molecule has 2 fully saturated rings. The highest BCUT2D eigenvalue weighted by atomic mass is 16.2. The van der Waals surface area contributed by atoms with Crippen LogP contribution in [0.4, 0.5) is 0 Å². The van der Waals surface area contributed by atoms with Crippen molar-refractivity contribution < 1.29 is 4.79 Å². The van der Waals surface area contributed by atoms with E-state index in [4.69, 9.17) is 11.5 Å². The number of hydrogen-bond acceptors (Lipinski definition) is 3. The highest BCUT2D eigenvalue weighted by Crippen LogP contribution is 2.42. The molecule has 3 unspecified atom stereocenters. The van der Waals surface area contributed by atoms with Gasteiger partial charge in [-0.05, 0) is 50.4 Å². The second kappa shape index (κ2) is 6.02. The predicted octanol–water partition coefficient (Wildman–Crippen LogP) is 1.63. The van der Waals surface area contributed by atoms with Crippen molar-refractivity contribution in [3.05, 3.63) is 0 Å². The Labute approximate surface area is 123 Å². The summed E-state index contributed by atoms with van der Waals surface area (Å²) in [5, 5.41) is 3.21. The Hall–Kier alpha value is -0.610. The van der Waals surface area contributed by atoms with Gasteiger partial charge in [0.15, 0.2) is 0 Å². The van der Waals surface area contributed by atoms with Gasteiger partial charge in [0.1, 0.15) is 0 Å². The first-order chi connectivity index (χ1) is 9.37. The largest absolute Gasteiger partial charge is 0.349 e. The molecule has 0 aromatic rings. The third-order valence-corrected chi connectivity index (χ3v) is 5.89. The van der Waals surface area contributed by atoms with Crippen LogP contribution < -0.4 is 16.8 Å². The number of fused-ring (bicyclic) bond motifs is 2. The minimum Gasteiger partial charge on any atom is -0.349 e. The van der Waals surface area contributed by atoms with Crippen LogP contribution in [0, 0.1) is 23.7 Å². The van der Waals surface area contributed by atoms with Crippen molar-refractivity contribution in [2.24, 2.45) is 35.1 Å². The van der Waals surface area contributed by atoms with E-state index in [1.165, 1.54) is 19.3 Å². The van der Waals surface area contributed by atoms with E-state index in [1.54, 1.807) is 0 Å². The Morgan fingerprint density at radius 2 is 1.85 bits per heavy atom. The topological polar surface area (TPSA) is 81.1 Å². The van der Waals surface area contributed by atoms with Crippen molar-refractivity contribution in [2.45, 2.75) is 64.5 Å². The fourth-order valence-corrected chi connectivity index (χ4v) is 3.82. The van der Waals surface area contributed by atoms with Crippen LogP contribution in [0.2, 0.25) is 0 Å². The average molecular weight is 281 g/mol. The Morgan fingerprint density at radius 1 is 1.30 bits per heavy atom. The van der Waals surface area contributed by atoms with E-state index in [0.717, 1.165) is 12.8 Å². The highest BCUT2D eigenvalue weighted by Gasteiger charge is 2.41. The van der Waals surface area contributed by atoms with Crippen LogP contribution in [0.15, 0.2) is 0 Å². The zero-order chi connectivity index (χ0) is 14.9. The highest BCUT2D eigenvalue weighted by molar-refractivity contribution is 5.79. The van der Waals surface area contributed by atoms with Crippen LogP contribution in [0.5, 0.6) is 0 Å². The maximum Gasteiger partial charge on any atom is 0.223 e. The lowest BCUT2D eigenvalue weighted by Gasteiger charge is -2.44. The van der Waals surface area contributed by atoms with Crippen molar-refractivity contribution in [2.75, 3.05) is 6.54 Å². The Kier molecular flexibility index (Phi) is 4.75. The molecule has 0 spiro atoms. The van der Waals surface area contributed by atoms with Gasteiger partial charge in [0.25, 0.3) is 0 Å². The van der Waals surface area contributed by atoms with Gasteiger partial charge in [-0.2, -0.15) is 0 Å². The zero-order valence-corrected chi connectivity index (χ0v) is 13.2. The molecule has 116 valence electrons. The summed E-state index contributed by atoms with van der Waals surface area (Å²) < 4.78 is 0. The van der Waals surface area contributed by atoms with Gasteiger partial charge in [0, 0.05) is 18.5 Å². The molecular weight excluding hydrogens is 250 g/mol. The molecule has 1 amide bonds. The van der Waals surface area contributed by atoms with Crippen LogP contribution in [-0.4, -0.2) is 24.0 Å². The summed E-state index contributed by atoms with van der Waals surface area (Å²) >= 11 is 0. The van der Waals surface area contributed by atoms with Crippen LogP contribution >= 0.6 is 0 Å². The van der Waals surface area contributed by atoms with Crippen LogP contribution in [0.25, 0.3) is 0 Å². The molecule has 2 bridgehead atoms. The van der Waals surface area contributed by atoms with E-state index < -0.39 is 0 Å². The molecule has 3 atom stereocenters. The molecular formula is C16H31N3O. The van der Waals surface area contributed by atoms with Crippen molar-refractivity contribution in [1.29, 1.82) is 0 Å². The van der Waals surface area contributed by atoms with E-state index in [0.29, 0.717) is 30.3 Å². The average Bonchev–Trinajstić information content (AvgIpc) is 2.37. The molecule has 4 nitrogen and oxygen atoms in total. The first kappa shape index (κ1) is 15.8. The van der Waals surface area contributed by atoms with Gasteiger partial charge >= 0.3 is 0 Å². The van der Waals surface area contributed by atoms with Crippen molar-refractivity contribution in [3.63, 3.8) is 0 Å². The lowest BCUT2D eigenvalue weighted by atomic mass is 9.65. The quantitative estimate of drug-likeness (QED) is 0.732. The number of nitrogens with one attached hydrogen (secondary N) is 1. The van der Waals surface area contributed by atoms with Crippen LogP contribution in [0.1, 0.15) is 52.9 Å². The molecule has 0 aliphatic heterocycles. The van der Waals surface area contributed by atoms with Crippen molar-refractivity contribution in [1.82, 2.24) is 5.32 Å². The number of hydrogen-bond donors (Lipinski definition) is 3. The molecule has 2 aliphatic carbocycles. The Balaban J connectivity index is 2.00. The minimum atomic E-state index is -0.300. The van der Waals surface area contributed by atoms with Crippen LogP contribution in [0.3, 0.4) is 0 Å². The lowest BCUT2D eigenvalue weighted by molar-refractivity contribution is -0.130. The summed E-state index contributed by atoms with van der Waals surface area (Å²) in [6, 6.07) is 0.318. The van der Waals surface area contributed by atoms with Crippen molar-refractivity contribution in [3.8, 4) is 0 Å². The molecule has 0 aromatic carbocycles. The summed E-state index contributed by atoms with van der Waals surface area (Å²) in [4.78, 5) is 12.6. The van der Waals surface area contributed by atoms with E-state index >= 15 is 0 Å². The lowest BCUT2D eigenvalue weighted by Crippen LogP contribution is -2.58. The summed E-state index contributed by atoms with van der Waals surface area (Å²) in [5.74, 6) is 1.75. The molecule has 2 aliphatic rings. The van der Waals surface area contributed by atoms with Gasteiger partial charge in [-0.15, -0.1) is 0 Å². The third-order valence-electron chi connectivity index (χ3n) is 5.89. The zero-order valence-electron chi connectivity index (χ0n) is 13.2. The molecule has 5 N–H and O–H groups in total. The van der Waals surface area contributed by atoms with Gasteiger partial charge < -0.3 is 16.8 Å². The molecule has 2 saturated carbocycles. The number of amides is 1. The maximum atomic E-state index is 12.6. The van der Waals surface area contributed by atoms with E-state index in [1.807, 2.05) is 6.92 Å². The molecule has 0 radical (unpaired) electrons. The molecule has 0 heterocycles. The summed E-state index contributed by atoms with van der Waals surface area (Å²) in [5.41, 5.74) is 11.9. The molecule has 2 rings (SSSR count). The number of carbonyl (C=O) groups excluding carboxylic acids is 1. The van der Waals surface area contributed by atoms with Gasteiger partial charge in [0.05, 0.1) is 5.54 Å². The monoisotopic (exact) mass is 281 g/mol. The third kappa shape index (κ3) is 3.01. The molecule has 20 heavy (non-hydrogen) atoms. The van der Waals surface area contributed by atoms with Gasteiger partial charge in [-0.25, -0.2) is 0 Å². The fraction of sp³-hybridized carbons (Fsp3) is 0.938. The number of nitrogens with two attached hydrogens (primary N) is 2. The van der Waals surface area contributed by atoms with E-state index in [-0.39, 0.29) is 17.4 Å². The Morgan fingerprint density at radius 3 is 2.30 bits per heavy atom. The van der Waals surface area contributed by atoms with Gasteiger partial charge in [0.2, 0.25) is 5.91 Å². The molecule has 4 heteroatoms. The summed E-state index contributed by atoms with van der Waals surface area (Å²) in [6.45, 7) is 6.75. The first-order valence-corrected chi connectivity index (χ1v) is 8.15. The SMILES string of the molecule is CC(C)C(C)(CN)NC(=O)C1CC2CCCC(C1)C2N.